The fourth-order valence-electron chi connectivity index (χ4n) is 3.20. The molecule has 0 unspecified atom stereocenters. The minimum atomic E-state index is -3.86. The molecule has 2 aromatic carbocycles. The highest BCUT2D eigenvalue weighted by Crippen LogP contribution is 2.24. The molecule has 162 valence electrons. The third-order valence-corrected chi connectivity index (χ3v) is 6.10. The van der Waals surface area contributed by atoms with E-state index in [0.717, 1.165) is 16.7 Å². The largest absolute Gasteiger partial charge is 0.503 e. The van der Waals surface area contributed by atoms with Gasteiger partial charge >= 0.3 is 0 Å². The molecule has 0 aliphatic carbocycles. The number of amides is 1. The summed E-state index contributed by atoms with van der Waals surface area (Å²) in [6.07, 6.45) is 3.53. The van der Waals surface area contributed by atoms with Gasteiger partial charge < -0.3 is 9.67 Å². The monoisotopic (exact) mass is 440 g/mol. The Labute approximate surface area is 181 Å². The van der Waals surface area contributed by atoms with E-state index in [4.69, 9.17) is 0 Å². The topological polar surface area (TPSA) is 105 Å². The normalized spacial score (nSPS) is 11.3. The van der Waals surface area contributed by atoms with Gasteiger partial charge in [0.05, 0.1) is 11.9 Å². The summed E-state index contributed by atoms with van der Waals surface area (Å²) >= 11 is 0. The summed E-state index contributed by atoms with van der Waals surface area (Å²) in [4.78, 5) is 24.8. The van der Waals surface area contributed by atoms with Crippen molar-refractivity contribution in [2.75, 3.05) is 5.75 Å². The Bertz CT molecular complexity index is 1230. The van der Waals surface area contributed by atoms with Gasteiger partial charge in [0, 0.05) is 12.7 Å². The highest BCUT2D eigenvalue weighted by atomic mass is 32.2. The molecule has 1 heterocycles. The van der Waals surface area contributed by atoms with E-state index in [0.29, 0.717) is 12.8 Å². The number of nitrogens with zero attached hydrogens (tertiary/aromatic N) is 1. The van der Waals surface area contributed by atoms with E-state index >= 15 is 0 Å². The van der Waals surface area contributed by atoms with Crippen molar-refractivity contribution in [3.63, 3.8) is 0 Å². The summed E-state index contributed by atoms with van der Waals surface area (Å²) in [5.74, 6) is -1.90. The molecule has 0 spiro atoms. The summed E-state index contributed by atoms with van der Waals surface area (Å²) < 4.78 is 27.5. The first kappa shape index (κ1) is 22.3. The first-order chi connectivity index (χ1) is 14.8. The van der Waals surface area contributed by atoms with Crippen molar-refractivity contribution in [2.24, 2.45) is 0 Å². The van der Waals surface area contributed by atoms with Crippen LogP contribution in [0.15, 0.2) is 71.8 Å². The molecule has 3 rings (SSSR count). The lowest BCUT2D eigenvalue weighted by Gasteiger charge is -2.14. The Morgan fingerprint density at radius 2 is 1.71 bits per heavy atom. The average Bonchev–Trinajstić information content (AvgIpc) is 2.75. The van der Waals surface area contributed by atoms with Crippen LogP contribution in [0.3, 0.4) is 0 Å². The second kappa shape index (κ2) is 9.61. The predicted octanol–water partition coefficient (Wildman–Crippen LogP) is 3.13. The van der Waals surface area contributed by atoms with Gasteiger partial charge in [0.15, 0.2) is 5.75 Å². The van der Waals surface area contributed by atoms with Gasteiger partial charge in [-0.25, -0.2) is 13.1 Å². The minimum Gasteiger partial charge on any atom is -0.503 e. The van der Waals surface area contributed by atoms with Crippen molar-refractivity contribution in [1.29, 1.82) is 0 Å². The van der Waals surface area contributed by atoms with Gasteiger partial charge in [0.25, 0.3) is 5.91 Å². The number of aromatic hydroxyl groups is 1. The Balaban J connectivity index is 1.93. The van der Waals surface area contributed by atoms with Gasteiger partial charge in [-0.1, -0.05) is 67.9 Å². The van der Waals surface area contributed by atoms with E-state index in [9.17, 15) is 23.1 Å². The maximum absolute atomic E-state index is 12.5. The Morgan fingerprint density at radius 1 is 1.03 bits per heavy atom. The van der Waals surface area contributed by atoms with E-state index in [1.165, 1.54) is 17.0 Å². The number of carbonyl (C=O) groups is 1. The molecule has 31 heavy (non-hydrogen) atoms. The molecule has 1 aromatic heterocycles. The highest BCUT2D eigenvalue weighted by Gasteiger charge is 2.20. The molecule has 2 N–H and O–H groups in total. The summed E-state index contributed by atoms with van der Waals surface area (Å²) in [7, 11) is -3.86. The molecular weight excluding hydrogens is 416 g/mol. The molecule has 0 saturated carbocycles. The summed E-state index contributed by atoms with van der Waals surface area (Å²) in [5, 5.41) is 10.1. The van der Waals surface area contributed by atoms with Crippen LogP contribution in [-0.2, 0) is 16.6 Å². The van der Waals surface area contributed by atoms with Crippen molar-refractivity contribution >= 4 is 15.9 Å². The Hall–Kier alpha value is -3.39. The lowest BCUT2D eigenvalue weighted by atomic mass is 9.99. The fourth-order valence-corrected chi connectivity index (χ4v) is 4.37. The van der Waals surface area contributed by atoms with E-state index in [-0.39, 0.29) is 12.3 Å². The number of hydrogen-bond donors (Lipinski definition) is 2. The van der Waals surface area contributed by atoms with Gasteiger partial charge in [-0.05, 0) is 23.1 Å². The average molecular weight is 441 g/mol. The number of aromatic nitrogens is 1. The number of sulfonamides is 1. The standard InChI is InChI=1S/C23H24N2O5S/c1-2-3-13-31(29,30)24-23(28)20-15-25(16-21(26)22(20)27)14-18-11-7-8-12-19(18)17-9-5-4-6-10-17/h4-12,15-16,26H,2-3,13-14H2,1H3,(H,24,28). The smallest absolute Gasteiger partial charge is 0.270 e. The Kier molecular flexibility index (Phi) is 6.91. The SMILES string of the molecule is CCCCS(=O)(=O)NC(=O)c1cn(Cc2ccccc2-c2ccccc2)cc(O)c1=O. The predicted molar refractivity (Wildman–Crippen MR) is 120 cm³/mol. The molecule has 7 nitrogen and oxygen atoms in total. The quantitative estimate of drug-likeness (QED) is 0.560. The zero-order valence-corrected chi connectivity index (χ0v) is 17.9. The fraction of sp³-hybridized carbons (Fsp3) is 0.217. The third-order valence-electron chi connectivity index (χ3n) is 4.77. The van der Waals surface area contributed by atoms with E-state index in [1.807, 2.05) is 66.2 Å². The van der Waals surface area contributed by atoms with Crippen LogP contribution >= 0.6 is 0 Å². The molecule has 8 heteroatoms. The molecule has 1 amide bonds. The molecule has 0 saturated heterocycles. The van der Waals surface area contributed by atoms with Gasteiger partial charge in [-0.2, -0.15) is 0 Å². The number of carbonyl (C=O) groups excluding carboxylic acids is 1. The molecule has 3 aromatic rings. The molecular formula is C23H24N2O5S. The van der Waals surface area contributed by atoms with E-state index in [1.54, 1.807) is 0 Å². The summed E-state index contributed by atoms with van der Waals surface area (Å²) in [5.41, 5.74) is 1.52. The van der Waals surface area contributed by atoms with E-state index in [2.05, 4.69) is 0 Å². The van der Waals surface area contributed by atoms with Gasteiger partial charge in [-0.3, -0.25) is 9.59 Å². The van der Waals surface area contributed by atoms with Crippen LogP contribution in [0.2, 0.25) is 0 Å². The van der Waals surface area contributed by atoms with Crippen LogP contribution in [0, 0.1) is 0 Å². The number of rotatable bonds is 8. The molecule has 0 bridgehead atoms. The van der Waals surface area contributed by atoms with Gasteiger partial charge in [0.2, 0.25) is 15.5 Å². The van der Waals surface area contributed by atoms with Crippen LogP contribution < -0.4 is 10.2 Å². The third kappa shape index (κ3) is 5.61. The van der Waals surface area contributed by atoms with Gasteiger partial charge in [0.1, 0.15) is 5.56 Å². The zero-order valence-electron chi connectivity index (χ0n) is 17.1. The number of hydrogen-bond acceptors (Lipinski definition) is 5. The number of pyridine rings is 1. The maximum Gasteiger partial charge on any atom is 0.270 e. The summed E-state index contributed by atoms with van der Waals surface area (Å²) in [6, 6.07) is 17.4. The van der Waals surface area contributed by atoms with Crippen LogP contribution in [0.25, 0.3) is 11.1 Å². The van der Waals surface area contributed by atoms with Crippen molar-refractivity contribution in [2.45, 2.75) is 26.3 Å². The Morgan fingerprint density at radius 3 is 2.42 bits per heavy atom. The second-order valence-corrected chi connectivity index (χ2v) is 9.03. The zero-order chi connectivity index (χ0) is 22.4. The first-order valence-electron chi connectivity index (χ1n) is 9.92. The van der Waals surface area contributed by atoms with Crippen LogP contribution in [0.4, 0.5) is 0 Å². The number of benzene rings is 2. The maximum atomic E-state index is 12.5. The number of nitrogens with one attached hydrogen (secondary N) is 1. The van der Waals surface area contributed by atoms with Crippen molar-refractivity contribution in [3.05, 3.63) is 88.3 Å². The van der Waals surface area contributed by atoms with Crippen LogP contribution in [0.1, 0.15) is 35.7 Å². The van der Waals surface area contributed by atoms with Crippen LogP contribution in [0.5, 0.6) is 5.75 Å². The molecule has 0 atom stereocenters. The molecule has 0 radical (unpaired) electrons. The van der Waals surface area contributed by atoms with Gasteiger partial charge in [-0.15, -0.1) is 0 Å². The van der Waals surface area contributed by atoms with Crippen LogP contribution in [-0.4, -0.2) is 29.8 Å². The highest BCUT2D eigenvalue weighted by molar-refractivity contribution is 7.90. The second-order valence-electron chi connectivity index (χ2n) is 7.19. The first-order valence-corrected chi connectivity index (χ1v) is 11.6. The molecule has 0 aliphatic heterocycles. The van der Waals surface area contributed by atoms with Crippen molar-refractivity contribution < 1.29 is 18.3 Å². The van der Waals surface area contributed by atoms with Crippen molar-refractivity contribution in [1.82, 2.24) is 9.29 Å². The molecule has 0 fully saturated rings. The van der Waals surface area contributed by atoms with E-state index < -0.39 is 32.7 Å². The number of unbranched alkanes of at least 4 members (excludes halogenated alkanes) is 1. The summed E-state index contributed by atoms with van der Waals surface area (Å²) in [6.45, 7) is 2.10. The van der Waals surface area contributed by atoms with Crippen molar-refractivity contribution in [3.8, 4) is 16.9 Å². The minimum absolute atomic E-state index is 0.216. The molecule has 0 aliphatic rings. The lowest BCUT2D eigenvalue weighted by Crippen LogP contribution is -2.35. The lowest BCUT2D eigenvalue weighted by molar-refractivity contribution is 0.0979.